The van der Waals surface area contributed by atoms with Gasteiger partial charge in [0.05, 0.1) is 42.3 Å². The number of halogens is 1. The number of Topliss-reactive ketones (excluding diaryl/α,β-unsaturated/α-hetero) is 1. The number of aliphatic hydroxyl groups excluding tert-OH is 1. The maximum Gasteiger partial charge on any atom is 0.281 e. The molecule has 11 heteroatoms. The third kappa shape index (κ3) is 7.48. The fourth-order valence-corrected chi connectivity index (χ4v) is 6.89. The van der Waals surface area contributed by atoms with Gasteiger partial charge in [-0.3, -0.25) is 14.6 Å². The lowest BCUT2D eigenvalue weighted by atomic mass is 9.91. The summed E-state index contributed by atoms with van der Waals surface area (Å²) >= 11 is 1.07. The van der Waals surface area contributed by atoms with Crippen LogP contribution in [0.4, 0.5) is 15.0 Å². The number of rotatable bonds is 9. The van der Waals surface area contributed by atoms with Gasteiger partial charge in [-0.2, -0.15) is 0 Å². The molecule has 0 radical (unpaired) electrons. The largest absolute Gasteiger partial charge is 0.501 e. The van der Waals surface area contributed by atoms with E-state index >= 15 is 4.39 Å². The fraction of sp³-hybridized carbons (Fsp3) is 0.548. The van der Waals surface area contributed by atoms with Crippen LogP contribution in [0.15, 0.2) is 53.6 Å². The number of alkyl halides is 1. The molecule has 0 aromatic carbocycles. The molecule has 0 saturated carbocycles. The highest BCUT2D eigenvalue weighted by Gasteiger charge is 2.33. The summed E-state index contributed by atoms with van der Waals surface area (Å²) in [6.07, 6.45) is 13.6. The number of nitrogens with one attached hydrogen (secondary N) is 1. The second kappa shape index (κ2) is 14.0. The first kappa shape index (κ1) is 30.4. The van der Waals surface area contributed by atoms with Gasteiger partial charge < -0.3 is 24.8 Å². The van der Waals surface area contributed by atoms with Crippen molar-refractivity contribution in [2.75, 3.05) is 32.2 Å². The summed E-state index contributed by atoms with van der Waals surface area (Å²) < 4.78 is 26.0. The molecule has 4 aliphatic rings. The van der Waals surface area contributed by atoms with Gasteiger partial charge in [-0.1, -0.05) is 29.5 Å². The zero-order chi connectivity index (χ0) is 29.6. The number of anilines is 1. The van der Waals surface area contributed by atoms with Gasteiger partial charge in [0.15, 0.2) is 5.78 Å². The van der Waals surface area contributed by atoms with E-state index in [1.807, 2.05) is 18.2 Å². The summed E-state index contributed by atoms with van der Waals surface area (Å²) in [5.41, 5.74) is 2.58. The van der Waals surface area contributed by atoms with E-state index < -0.39 is 12.4 Å². The Kier molecular flexibility index (Phi) is 10.1. The van der Waals surface area contributed by atoms with Gasteiger partial charge in [0.2, 0.25) is 0 Å². The quantitative estimate of drug-likeness (QED) is 0.410. The summed E-state index contributed by atoms with van der Waals surface area (Å²) in [5, 5.41) is 12.0. The molecule has 1 amide bonds. The maximum absolute atomic E-state index is 15.1. The first-order valence-electron chi connectivity index (χ1n) is 14.6. The first-order valence-corrected chi connectivity index (χ1v) is 15.5. The Hall–Kier alpha value is -3.02. The van der Waals surface area contributed by atoms with Crippen LogP contribution in [0, 0.1) is 5.92 Å². The average Bonchev–Trinajstić information content (AvgIpc) is 3.17. The molecule has 9 nitrogen and oxygen atoms in total. The number of aromatic nitrogens is 2. The van der Waals surface area contributed by atoms with Crippen molar-refractivity contribution >= 4 is 34.2 Å². The fourth-order valence-electron chi connectivity index (χ4n) is 5.95. The van der Waals surface area contributed by atoms with Crippen molar-refractivity contribution in [3.63, 3.8) is 0 Å². The van der Waals surface area contributed by atoms with Crippen LogP contribution in [0.25, 0.3) is 5.57 Å². The lowest BCUT2D eigenvalue weighted by Gasteiger charge is -2.23. The lowest BCUT2D eigenvalue weighted by Crippen LogP contribution is -2.30. The van der Waals surface area contributed by atoms with Gasteiger partial charge in [0, 0.05) is 50.6 Å². The summed E-state index contributed by atoms with van der Waals surface area (Å²) in [6.45, 7) is 1.52. The van der Waals surface area contributed by atoms with E-state index in [1.165, 1.54) is 0 Å². The van der Waals surface area contributed by atoms with E-state index in [1.54, 1.807) is 32.7 Å². The molecule has 1 aromatic heterocycles. The van der Waals surface area contributed by atoms with Crippen LogP contribution >= 0.6 is 11.8 Å². The molecule has 5 unspecified atom stereocenters. The van der Waals surface area contributed by atoms with Gasteiger partial charge in [0.25, 0.3) is 5.24 Å². The molecule has 226 valence electrons. The molecular formula is C31H39FN4O5S. The predicted octanol–water partition coefficient (Wildman–Crippen LogP) is 4.89. The number of nitrogens with zero attached hydrogens (tertiary/aromatic N) is 3. The first-order chi connectivity index (χ1) is 20.3. The Bertz CT molecular complexity index is 1300. The highest BCUT2D eigenvalue weighted by Crippen LogP contribution is 2.35. The Morgan fingerprint density at radius 3 is 2.83 bits per heavy atom. The second-order valence-corrected chi connectivity index (χ2v) is 12.5. The smallest absolute Gasteiger partial charge is 0.281 e. The highest BCUT2D eigenvalue weighted by molar-refractivity contribution is 8.14. The molecule has 5 rings (SSSR count). The Balaban J connectivity index is 1.22. The van der Waals surface area contributed by atoms with Crippen molar-refractivity contribution < 1.29 is 28.6 Å². The van der Waals surface area contributed by atoms with Gasteiger partial charge in [-0.25, -0.2) is 9.37 Å². The summed E-state index contributed by atoms with van der Waals surface area (Å²) in [6, 6.07) is 0. The maximum atomic E-state index is 15.1. The standard InChI is InChI=1S/C31H39FN4O5S/c1-40-22-6-7-23(41-2)16-21(15-22)27(37)13-19-4-3-10-36(11-9-19)29-18-33-17-26(34-29)24-12-20(5-8-25(24)32)14-28-30(38)35-31(39)42-28/h5-6,12,16-19,23,25,28,30,38H,3-4,7-11,13-15H2,1-2H3,(H,35,39). The number of ketones is 1. The number of thioether (sulfide) groups is 1. The lowest BCUT2D eigenvalue weighted by molar-refractivity contribution is -0.116. The SMILES string of the molecule is COC1=CCC(OC)C=C(C(=O)CC2CCCN(c3cncc(C4=CC(CC5SC(=O)NC5O)=CCC4F)n3)CC2)C1. The number of ether oxygens (including phenoxy) is 2. The van der Waals surface area contributed by atoms with Crippen molar-refractivity contribution in [1.82, 2.24) is 15.3 Å². The monoisotopic (exact) mass is 598 g/mol. The number of carbonyl (C=O) groups excluding carboxylic acids is 2. The second-order valence-electron chi connectivity index (χ2n) is 11.2. The van der Waals surface area contributed by atoms with Gasteiger partial charge in [-0.15, -0.1) is 0 Å². The number of allylic oxidation sites excluding steroid dienone is 5. The molecule has 2 saturated heterocycles. The molecule has 2 fully saturated rings. The Morgan fingerprint density at radius 2 is 2.07 bits per heavy atom. The summed E-state index contributed by atoms with van der Waals surface area (Å²) in [4.78, 5) is 36.3. The third-order valence-corrected chi connectivity index (χ3v) is 9.45. The van der Waals surface area contributed by atoms with Crippen molar-refractivity contribution in [2.45, 2.75) is 75.1 Å². The minimum absolute atomic E-state index is 0.128. The van der Waals surface area contributed by atoms with E-state index in [9.17, 15) is 14.7 Å². The van der Waals surface area contributed by atoms with Crippen LogP contribution in [0.3, 0.4) is 0 Å². The number of aliphatic hydroxyl groups is 1. The topological polar surface area (TPSA) is 114 Å². The van der Waals surface area contributed by atoms with Crippen LogP contribution in [0.5, 0.6) is 0 Å². The van der Waals surface area contributed by atoms with Crippen molar-refractivity contribution in [1.29, 1.82) is 0 Å². The van der Waals surface area contributed by atoms with Crippen molar-refractivity contribution in [2.24, 2.45) is 5.92 Å². The van der Waals surface area contributed by atoms with E-state index in [4.69, 9.17) is 14.5 Å². The summed E-state index contributed by atoms with van der Waals surface area (Å²) in [5.74, 6) is 1.90. The van der Waals surface area contributed by atoms with Crippen LogP contribution in [0.2, 0.25) is 0 Å². The number of hydrogen-bond donors (Lipinski definition) is 2. The molecular weight excluding hydrogens is 559 g/mol. The van der Waals surface area contributed by atoms with Crippen LogP contribution < -0.4 is 10.2 Å². The van der Waals surface area contributed by atoms with Gasteiger partial charge in [-0.05, 0) is 50.2 Å². The molecule has 2 aliphatic carbocycles. The van der Waals surface area contributed by atoms with Gasteiger partial charge >= 0.3 is 0 Å². The third-order valence-electron chi connectivity index (χ3n) is 8.39. The van der Waals surface area contributed by atoms with E-state index in [0.29, 0.717) is 42.8 Å². The Morgan fingerprint density at radius 1 is 1.21 bits per heavy atom. The molecule has 2 N–H and O–H groups in total. The van der Waals surface area contributed by atoms with Crippen LogP contribution in [0.1, 0.15) is 57.1 Å². The molecule has 1 aromatic rings. The minimum Gasteiger partial charge on any atom is -0.501 e. The van der Waals surface area contributed by atoms with Crippen LogP contribution in [-0.2, 0) is 14.3 Å². The number of methoxy groups -OCH3 is 2. The molecule has 0 bridgehead atoms. The molecule has 0 spiro atoms. The van der Waals surface area contributed by atoms with E-state index in [0.717, 1.165) is 61.0 Å². The van der Waals surface area contributed by atoms with Crippen molar-refractivity contribution in [3.05, 3.63) is 59.3 Å². The molecule has 3 heterocycles. The zero-order valence-corrected chi connectivity index (χ0v) is 24.9. The normalized spacial score (nSPS) is 28.5. The van der Waals surface area contributed by atoms with E-state index in [2.05, 4.69) is 15.2 Å². The number of hydrogen-bond acceptors (Lipinski definition) is 9. The van der Waals surface area contributed by atoms with E-state index in [-0.39, 0.29) is 34.7 Å². The summed E-state index contributed by atoms with van der Waals surface area (Å²) in [7, 11) is 3.29. The highest BCUT2D eigenvalue weighted by atomic mass is 32.2. The molecule has 42 heavy (non-hydrogen) atoms. The van der Waals surface area contributed by atoms with Crippen LogP contribution in [-0.4, -0.2) is 77.2 Å². The molecule has 2 aliphatic heterocycles. The Labute approximate surface area is 250 Å². The van der Waals surface area contributed by atoms with Gasteiger partial charge in [0.1, 0.15) is 18.2 Å². The van der Waals surface area contributed by atoms with Crippen molar-refractivity contribution in [3.8, 4) is 0 Å². The minimum atomic E-state index is -1.21. The predicted molar refractivity (Wildman–Crippen MR) is 161 cm³/mol. The molecule has 5 atom stereocenters. The number of amides is 1. The average molecular weight is 599 g/mol. The number of carbonyl (C=O) groups is 2. The zero-order valence-electron chi connectivity index (χ0n) is 24.1.